The van der Waals surface area contributed by atoms with Crippen molar-refractivity contribution in [2.75, 3.05) is 24.7 Å². The minimum Gasteiger partial charge on any atom is -0.399 e. The maximum absolute atomic E-state index is 8.61. The lowest BCUT2D eigenvalue weighted by Crippen LogP contribution is -1.94. The van der Waals surface area contributed by atoms with Gasteiger partial charge in [-0.05, 0) is 55.9 Å². The molecule has 0 aromatic heterocycles. The predicted octanol–water partition coefficient (Wildman–Crippen LogP) is 4.15. The zero-order chi connectivity index (χ0) is 20.5. The van der Waals surface area contributed by atoms with E-state index in [1.807, 2.05) is 42.5 Å². The third-order valence-corrected chi connectivity index (χ3v) is 4.30. The van der Waals surface area contributed by atoms with Gasteiger partial charge in [-0.3, -0.25) is 0 Å². The van der Waals surface area contributed by atoms with Crippen molar-refractivity contribution < 1.29 is 10.2 Å². The van der Waals surface area contributed by atoms with E-state index >= 15 is 0 Å². The zero-order valence-corrected chi connectivity index (χ0v) is 16.7. The number of hydrogen-bond donors (Lipinski definition) is 4. The van der Waals surface area contributed by atoms with Crippen LogP contribution in [0.4, 0.5) is 11.4 Å². The van der Waals surface area contributed by atoms with Crippen LogP contribution in [-0.2, 0) is 6.42 Å². The van der Waals surface area contributed by atoms with Crippen LogP contribution in [0.2, 0.25) is 0 Å². The number of aryl methyl sites for hydroxylation is 1. The van der Waals surface area contributed by atoms with Crippen molar-refractivity contribution in [2.45, 2.75) is 51.4 Å². The Kier molecular flexibility index (Phi) is 13.1. The molecule has 0 saturated heterocycles. The fourth-order valence-electron chi connectivity index (χ4n) is 2.64. The highest BCUT2D eigenvalue weighted by atomic mass is 16.3. The lowest BCUT2D eigenvalue weighted by atomic mass is 10.0. The number of hydrogen-bond acceptors (Lipinski definition) is 4. The predicted molar refractivity (Wildman–Crippen MR) is 119 cm³/mol. The monoisotopic (exact) mass is 382 g/mol. The summed E-state index contributed by atoms with van der Waals surface area (Å²) in [5.41, 5.74) is 15.3. The number of aliphatic hydroxyl groups is 2. The van der Waals surface area contributed by atoms with Crippen LogP contribution >= 0.6 is 0 Å². The number of para-hydroxylation sites is 2. The van der Waals surface area contributed by atoms with Crippen molar-refractivity contribution in [3.63, 3.8) is 0 Å². The maximum Gasteiger partial charge on any atom is 0.0474 e. The maximum atomic E-state index is 8.61. The lowest BCUT2D eigenvalue weighted by Gasteiger charge is -2.04. The molecule has 0 heterocycles. The molecule has 0 radical (unpaired) electrons. The fourth-order valence-corrected chi connectivity index (χ4v) is 2.64. The average molecular weight is 383 g/mol. The molecule has 0 atom stereocenters. The number of rotatable bonds is 9. The summed E-state index contributed by atoms with van der Waals surface area (Å²) in [6.07, 6.45) is 8.00. The van der Waals surface area contributed by atoms with Gasteiger partial charge in [-0.1, -0.05) is 55.0 Å². The molecule has 28 heavy (non-hydrogen) atoms. The molecule has 0 saturated carbocycles. The molecule has 152 valence electrons. The van der Waals surface area contributed by atoms with Crippen molar-refractivity contribution in [1.82, 2.24) is 0 Å². The van der Waals surface area contributed by atoms with E-state index in [1.165, 1.54) is 12.0 Å². The third-order valence-electron chi connectivity index (χ3n) is 4.30. The highest BCUT2D eigenvalue weighted by molar-refractivity contribution is 5.55. The van der Waals surface area contributed by atoms with Gasteiger partial charge < -0.3 is 21.7 Å². The molecule has 4 nitrogen and oxygen atoms in total. The molecule has 0 aliphatic rings. The summed E-state index contributed by atoms with van der Waals surface area (Å²) in [5, 5.41) is 17.2. The SMILES string of the molecule is Nc1ccccc1C#CCCCCO.Nc1ccccc1CCCCCCO. The number of nitrogens with two attached hydrogens (primary N) is 2. The molecule has 0 amide bonds. The molecule has 2 rings (SSSR count). The number of aliphatic hydroxyl groups excluding tert-OH is 2. The molecular formula is C24H34N2O2. The van der Waals surface area contributed by atoms with E-state index in [2.05, 4.69) is 17.9 Å². The van der Waals surface area contributed by atoms with Crippen LogP contribution < -0.4 is 11.5 Å². The van der Waals surface area contributed by atoms with E-state index in [-0.39, 0.29) is 6.61 Å². The molecule has 0 aliphatic carbocycles. The summed E-state index contributed by atoms with van der Waals surface area (Å²) >= 11 is 0. The highest BCUT2D eigenvalue weighted by Crippen LogP contribution is 2.14. The van der Waals surface area contributed by atoms with E-state index in [0.717, 1.165) is 61.9 Å². The van der Waals surface area contributed by atoms with Crippen molar-refractivity contribution in [3.05, 3.63) is 59.7 Å². The van der Waals surface area contributed by atoms with Crippen LogP contribution in [0.15, 0.2) is 48.5 Å². The van der Waals surface area contributed by atoms with Gasteiger partial charge in [-0.2, -0.15) is 0 Å². The normalized spacial score (nSPS) is 9.79. The second-order valence-corrected chi connectivity index (χ2v) is 6.66. The van der Waals surface area contributed by atoms with Crippen LogP contribution in [0.3, 0.4) is 0 Å². The van der Waals surface area contributed by atoms with E-state index in [1.54, 1.807) is 0 Å². The second-order valence-electron chi connectivity index (χ2n) is 6.66. The van der Waals surface area contributed by atoms with Gasteiger partial charge in [0.25, 0.3) is 0 Å². The standard InChI is InChI=1S/C12H19NO.C12H15NO/c2*13-12-9-5-4-8-11(12)7-3-1-2-6-10-14/h4-5,8-9,14H,1-3,6-7,10,13H2;4-5,8-9,14H,1-2,6,10,13H2. The Labute approximate surface area is 169 Å². The van der Waals surface area contributed by atoms with Crippen molar-refractivity contribution in [2.24, 2.45) is 0 Å². The van der Waals surface area contributed by atoms with E-state index in [4.69, 9.17) is 21.7 Å². The lowest BCUT2D eigenvalue weighted by molar-refractivity contribution is 0.282. The first-order chi connectivity index (χ1) is 13.7. The number of anilines is 2. The first-order valence-electron chi connectivity index (χ1n) is 10.1. The number of nitrogen functional groups attached to an aromatic ring is 2. The van der Waals surface area contributed by atoms with Crippen LogP contribution in [0.1, 0.15) is 56.1 Å². The number of unbranched alkanes of at least 4 members (excludes halogenated alkanes) is 5. The molecule has 4 heteroatoms. The van der Waals surface area contributed by atoms with Gasteiger partial charge in [0, 0.05) is 36.6 Å². The summed E-state index contributed by atoms with van der Waals surface area (Å²) in [6, 6.07) is 15.6. The third kappa shape index (κ3) is 10.6. The average Bonchev–Trinajstić information content (AvgIpc) is 2.71. The summed E-state index contributed by atoms with van der Waals surface area (Å²) in [5.74, 6) is 6.05. The summed E-state index contributed by atoms with van der Waals surface area (Å²) < 4.78 is 0. The van der Waals surface area contributed by atoms with E-state index < -0.39 is 0 Å². The molecular weight excluding hydrogens is 348 g/mol. The Morgan fingerprint density at radius 1 is 0.679 bits per heavy atom. The van der Waals surface area contributed by atoms with Crippen LogP contribution in [0.25, 0.3) is 0 Å². The largest absolute Gasteiger partial charge is 0.399 e. The molecule has 0 fully saturated rings. The van der Waals surface area contributed by atoms with Crippen molar-refractivity contribution >= 4 is 11.4 Å². The van der Waals surface area contributed by atoms with Crippen molar-refractivity contribution in [1.29, 1.82) is 0 Å². The number of benzene rings is 2. The molecule has 0 aliphatic heterocycles. The first-order valence-corrected chi connectivity index (χ1v) is 10.1. The van der Waals surface area contributed by atoms with E-state index in [9.17, 15) is 0 Å². The van der Waals surface area contributed by atoms with Crippen LogP contribution in [-0.4, -0.2) is 23.4 Å². The molecule has 6 N–H and O–H groups in total. The van der Waals surface area contributed by atoms with Gasteiger partial charge in [-0.15, -0.1) is 0 Å². The molecule has 0 unspecified atom stereocenters. The smallest absolute Gasteiger partial charge is 0.0474 e. The van der Waals surface area contributed by atoms with Gasteiger partial charge in [0.05, 0.1) is 0 Å². The first kappa shape index (κ1) is 23.6. The molecule has 2 aromatic rings. The van der Waals surface area contributed by atoms with Gasteiger partial charge in [0.1, 0.15) is 0 Å². The topological polar surface area (TPSA) is 92.5 Å². The highest BCUT2D eigenvalue weighted by Gasteiger charge is 1.97. The van der Waals surface area contributed by atoms with Gasteiger partial charge in [-0.25, -0.2) is 0 Å². The van der Waals surface area contributed by atoms with Crippen LogP contribution in [0.5, 0.6) is 0 Å². The van der Waals surface area contributed by atoms with Gasteiger partial charge in [0.15, 0.2) is 0 Å². The minimum atomic E-state index is 0.245. The fraction of sp³-hybridized carbons (Fsp3) is 0.417. The Bertz CT molecular complexity index is 714. The quantitative estimate of drug-likeness (QED) is 0.298. The summed E-state index contributed by atoms with van der Waals surface area (Å²) in [7, 11) is 0. The van der Waals surface area contributed by atoms with Crippen LogP contribution in [0, 0.1) is 11.8 Å². The second kappa shape index (κ2) is 15.6. The molecule has 0 spiro atoms. The van der Waals surface area contributed by atoms with Crippen molar-refractivity contribution in [3.8, 4) is 11.8 Å². The Morgan fingerprint density at radius 2 is 1.29 bits per heavy atom. The summed E-state index contributed by atoms with van der Waals surface area (Å²) in [6.45, 7) is 0.558. The molecule has 2 aromatic carbocycles. The Balaban J connectivity index is 0.000000280. The van der Waals surface area contributed by atoms with E-state index in [0.29, 0.717) is 6.61 Å². The summed E-state index contributed by atoms with van der Waals surface area (Å²) in [4.78, 5) is 0. The van der Waals surface area contributed by atoms with Gasteiger partial charge in [0.2, 0.25) is 0 Å². The zero-order valence-electron chi connectivity index (χ0n) is 16.7. The minimum absolute atomic E-state index is 0.245. The molecule has 0 bridgehead atoms. The Morgan fingerprint density at radius 3 is 1.96 bits per heavy atom. The Hall–Kier alpha value is -2.48. The van der Waals surface area contributed by atoms with Gasteiger partial charge >= 0.3 is 0 Å².